The minimum absolute atomic E-state index is 0.0848. The molecule has 0 saturated heterocycles. The zero-order valence-electron chi connectivity index (χ0n) is 11.9. The second-order valence-corrected chi connectivity index (χ2v) is 8.17. The fourth-order valence-electron chi connectivity index (χ4n) is 1.43. The van der Waals surface area contributed by atoms with E-state index >= 15 is 0 Å². The second kappa shape index (κ2) is 5.71. The number of nitrogens with one attached hydrogen (secondary N) is 1. The summed E-state index contributed by atoms with van der Waals surface area (Å²) in [4.78, 5) is 12.1. The van der Waals surface area contributed by atoms with Crippen LogP contribution in [0, 0.1) is 5.41 Å². The Labute approximate surface area is 124 Å². The first kappa shape index (κ1) is 16.9. The van der Waals surface area contributed by atoms with Gasteiger partial charge in [0.1, 0.15) is 0 Å². The largest absolute Gasteiger partial charge is 0.323 e. The minimum atomic E-state index is -3.37. The Kier molecular flexibility index (Phi) is 4.84. The van der Waals surface area contributed by atoms with Gasteiger partial charge in [-0.1, -0.05) is 32.4 Å². The van der Waals surface area contributed by atoms with E-state index in [1.54, 1.807) is 0 Å². The van der Waals surface area contributed by atoms with Crippen LogP contribution in [-0.2, 0) is 14.6 Å². The highest BCUT2D eigenvalue weighted by molar-refractivity contribution is 7.90. The minimum Gasteiger partial charge on any atom is -0.323 e. The number of hydrogen-bond acceptors (Lipinski definition) is 4. The highest BCUT2D eigenvalue weighted by Crippen LogP contribution is 2.26. The van der Waals surface area contributed by atoms with Crippen molar-refractivity contribution in [1.29, 1.82) is 0 Å². The van der Waals surface area contributed by atoms with Crippen molar-refractivity contribution in [1.82, 2.24) is 0 Å². The third-order valence-electron chi connectivity index (χ3n) is 2.84. The average Bonchev–Trinajstić information content (AvgIpc) is 2.28. The lowest BCUT2D eigenvalue weighted by molar-refractivity contribution is -0.119. The third-order valence-corrected chi connectivity index (χ3v) is 4.28. The fourth-order valence-corrected chi connectivity index (χ4v) is 2.25. The summed E-state index contributed by atoms with van der Waals surface area (Å²) in [7, 11) is -3.37. The molecule has 1 rings (SSSR count). The number of halogens is 1. The number of amides is 1. The summed E-state index contributed by atoms with van der Waals surface area (Å²) in [6.07, 6.45) is 1.09. The van der Waals surface area contributed by atoms with E-state index in [1.165, 1.54) is 18.2 Å². The Balaban J connectivity index is 3.07. The van der Waals surface area contributed by atoms with Crippen molar-refractivity contribution in [2.45, 2.75) is 31.7 Å². The Bertz CT molecular complexity index is 621. The molecule has 1 aromatic rings. The van der Waals surface area contributed by atoms with Crippen LogP contribution in [0.15, 0.2) is 23.1 Å². The number of nitrogens with two attached hydrogens (primary N) is 1. The van der Waals surface area contributed by atoms with Crippen LogP contribution in [0.2, 0.25) is 5.02 Å². The Morgan fingerprint density at radius 2 is 1.90 bits per heavy atom. The topological polar surface area (TPSA) is 89.3 Å². The molecule has 5 nitrogen and oxygen atoms in total. The van der Waals surface area contributed by atoms with Crippen LogP contribution in [0.4, 0.5) is 5.69 Å². The summed E-state index contributed by atoms with van der Waals surface area (Å²) in [5.41, 5.74) is 5.67. The molecule has 0 bridgehead atoms. The van der Waals surface area contributed by atoms with Crippen LogP contribution in [0.25, 0.3) is 0 Å². The van der Waals surface area contributed by atoms with Gasteiger partial charge in [-0.25, -0.2) is 8.42 Å². The SMILES string of the molecule is CC(C)(C)[C@H](N)C(=O)Nc1cc(S(C)(=O)=O)ccc1Cl. The number of rotatable bonds is 3. The van der Waals surface area contributed by atoms with E-state index in [1.807, 2.05) is 20.8 Å². The lowest BCUT2D eigenvalue weighted by Gasteiger charge is -2.26. The van der Waals surface area contributed by atoms with Crippen molar-refractivity contribution in [2.75, 3.05) is 11.6 Å². The predicted octanol–water partition coefficient (Wildman–Crippen LogP) is 2.06. The molecule has 7 heteroatoms. The number of benzene rings is 1. The van der Waals surface area contributed by atoms with Crippen molar-refractivity contribution < 1.29 is 13.2 Å². The van der Waals surface area contributed by atoms with E-state index in [4.69, 9.17) is 17.3 Å². The van der Waals surface area contributed by atoms with E-state index in [0.717, 1.165) is 6.26 Å². The summed E-state index contributed by atoms with van der Waals surface area (Å²) >= 11 is 5.96. The van der Waals surface area contributed by atoms with Gasteiger partial charge < -0.3 is 11.1 Å². The monoisotopic (exact) mass is 318 g/mol. The molecule has 0 aromatic heterocycles. The highest BCUT2D eigenvalue weighted by Gasteiger charge is 2.28. The zero-order chi connectivity index (χ0) is 15.7. The second-order valence-electron chi connectivity index (χ2n) is 5.75. The molecular formula is C13H19ClN2O3S. The molecule has 0 heterocycles. The molecule has 112 valence electrons. The zero-order valence-corrected chi connectivity index (χ0v) is 13.5. The first-order chi connectivity index (χ1) is 8.93. The predicted molar refractivity (Wildman–Crippen MR) is 80.6 cm³/mol. The summed E-state index contributed by atoms with van der Waals surface area (Å²) in [6.45, 7) is 5.52. The van der Waals surface area contributed by atoms with Crippen LogP contribution in [0.3, 0.4) is 0 Å². The van der Waals surface area contributed by atoms with Crippen LogP contribution < -0.4 is 11.1 Å². The molecule has 0 aliphatic heterocycles. The first-order valence-electron chi connectivity index (χ1n) is 5.99. The van der Waals surface area contributed by atoms with Gasteiger partial charge in [0.15, 0.2) is 9.84 Å². The summed E-state index contributed by atoms with van der Waals surface area (Å²) in [5.74, 6) is -0.412. The van der Waals surface area contributed by atoms with Gasteiger partial charge in [0.2, 0.25) is 5.91 Å². The molecule has 3 N–H and O–H groups in total. The van der Waals surface area contributed by atoms with Gasteiger partial charge in [-0.2, -0.15) is 0 Å². The molecule has 1 atom stereocenters. The van der Waals surface area contributed by atoms with E-state index in [2.05, 4.69) is 5.32 Å². The molecule has 1 aromatic carbocycles. The Hall–Kier alpha value is -1.11. The van der Waals surface area contributed by atoms with E-state index in [-0.39, 0.29) is 15.6 Å². The smallest absolute Gasteiger partial charge is 0.241 e. The van der Waals surface area contributed by atoms with Crippen LogP contribution in [0.1, 0.15) is 20.8 Å². The number of sulfone groups is 1. The van der Waals surface area contributed by atoms with Crippen molar-refractivity contribution in [3.8, 4) is 0 Å². The number of anilines is 1. The van der Waals surface area contributed by atoms with E-state index in [0.29, 0.717) is 0 Å². The number of carbonyl (C=O) groups is 1. The van der Waals surface area contributed by atoms with Gasteiger partial charge >= 0.3 is 0 Å². The van der Waals surface area contributed by atoms with E-state index < -0.39 is 27.2 Å². The molecule has 0 saturated carbocycles. The molecule has 0 unspecified atom stereocenters. The molecule has 0 aliphatic carbocycles. The van der Waals surface area contributed by atoms with Crippen LogP contribution in [0.5, 0.6) is 0 Å². The van der Waals surface area contributed by atoms with Gasteiger partial charge in [0.25, 0.3) is 0 Å². The molecule has 1 amide bonds. The van der Waals surface area contributed by atoms with Gasteiger partial charge in [0, 0.05) is 6.26 Å². The van der Waals surface area contributed by atoms with E-state index in [9.17, 15) is 13.2 Å². The quantitative estimate of drug-likeness (QED) is 0.892. The molecule has 20 heavy (non-hydrogen) atoms. The summed E-state index contributed by atoms with van der Waals surface area (Å²) < 4.78 is 23.0. The van der Waals surface area contributed by atoms with Crippen molar-refractivity contribution in [3.63, 3.8) is 0 Å². The maximum Gasteiger partial charge on any atom is 0.241 e. The summed E-state index contributed by atoms with van der Waals surface area (Å²) in [6, 6.07) is 3.40. The van der Waals surface area contributed by atoms with Crippen molar-refractivity contribution in [3.05, 3.63) is 23.2 Å². The van der Waals surface area contributed by atoms with Crippen LogP contribution in [-0.4, -0.2) is 26.6 Å². The standard InChI is InChI=1S/C13H19ClN2O3S/c1-13(2,3)11(15)12(17)16-10-7-8(20(4,18)19)5-6-9(10)14/h5-7,11H,15H2,1-4H3,(H,16,17)/t11-/m1/s1. The maximum absolute atomic E-state index is 12.0. The lowest BCUT2D eigenvalue weighted by atomic mass is 9.87. The third kappa shape index (κ3) is 4.19. The highest BCUT2D eigenvalue weighted by atomic mass is 35.5. The Morgan fingerprint density at radius 1 is 1.35 bits per heavy atom. The van der Waals surface area contributed by atoms with Gasteiger partial charge in [-0.15, -0.1) is 0 Å². The lowest BCUT2D eigenvalue weighted by Crippen LogP contribution is -2.45. The van der Waals surface area contributed by atoms with Gasteiger partial charge in [-0.3, -0.25) is 4.79 Å². The number of carbonyl (C=O) groups excluding carboxylic acids is 1. The normalized spacial score (nSPS) is 13.9. The van der Waals surface area contributed by atoms with Crippen molar-refractivity contribution >= 4 is 33.0 Å². The average molecular weight is 319 g/mol. The molecular weight excluding hydrogens is 300 g/mol. The fraction of sp³-hybridized carbons (Fsp3) is 0.462. The summed E-state index contributed by atoms with van der Waals surface area (Å²) in [5, 5.41) is 2.83. The molecule has 0 aliphatic rings. The maximum atomic E-state index is 12.0. The number of hydrogen-bond donors (Lipinski definition) is 2. The van der Waals surface area contributed by atoms with Crippen molar-refractivity contribution in [2.24, 2.45) is 11.1 Å². The molecule has 0 spiro atoms. The van der Waals surface area contributed by atoms with Crippen LogP contribution >= 0.6 is 11.6 Å². The molecule has 0 fully saturated rings. The molecule has 0 radical (unpaired) electrons. The van der Waals surface area contributed by atoms with Gasteiger partial charge in [0.05, 0.1) is 21.6 Å². The van der Waals surface area contributed by atoms with Gasteiger partial charge in [-0.05, 0) is 23.6 Å². The Morgan fingerprint density at radius 3 is 2.35 bits per heavy atom. The first-order valence-corrected chi connectivity index (χ1v) is 8.26.